The molecule has 0 aliphatic rings. The Labute approximate surface area is 131 Å². The second-order valence-electron chi connectivity index (χ2n) is 4.53. The molecule has 0 fully saturated rings. The third kappa shape index (κ3) is 3.60. The average Bonchev–Trinajstić information content (AvgIpc) is 2.52. The lowest BCUT2D eigenvalue weighted by molar-refractivity contribution is -0.384. The van der Waals surface area contributed by atoms with Gasteiger partial charge in [-0.3, -0.25) is 14.9 Å². The van der Waals surface area contributed by atoms with E-state index < -0.39 is 10.8 Å². The highest BCUT2D eigenvalue weighted by atomic mass is 35.5. The van der Waals surface area contributed by atoms with E-state index in [-0.39, 0.29) is 29.4 Å². The van der Waals surface area contributed by atoms with Gasteiger partial charge < -0.3 is 10.4 Å². The first kappa shape index (κ1) is 15.9. The summed E-state index contributed by atoms with van der Waals surface area (Å²) in [6.45, 7) is 0.125. The fourth-order valence-corrected chi connectivity index (χ4v) is 2.21. The number of carbonyl (C=O) groups excluding carboxylic acids is 1. The standard InChI is InChI=1S/C15H13ClN2O4/c16-13-7-10(5-6-14(13)18(21)22)15(20)17-8-11-3-1-2-4-12(11)9-19/h1-7,19H,8-9H2,(H,17,20). The molecule has 2 rings (SSSR count). The number of aliphatic hydroxyl groups excluding tert-OH is 1. The molecule has 7 heteroatoms. The molecule has 2 aromatic carbocycles. The van der Waals surface area contributed by atoms with Crippen molar-refractivity contribution in [1.82, 2.24) is 5.32 Å². The molecule has 6 nitrogen and oxygen atoms in total. The van der Waals surface area contributed by atoms with E-state index in [9.17, 15) is 20.0 Å². The van der Waals surface area contributed by atoms with Crippen molar-refractivity contribution in [2.75, 3.05) is 0 Å². The predicted octanol–water partition coefficient (Wildman–Crippen LogP) is 2.67. The highest BCUT2D eigenvalue weighted by Crippen LogP contribution is 2.24. The molecule has 2 N–H and O–H groups in total. The van der Waals surface area contributed by atoms with E-state index in [4.69, 9.17) is 11.6 Å². The summed E-state index contributed by atoms with van der Waals surface area (Å²) in [6, 6.07) is 11.0. The Hall–Kier alpha value is -2.44. The molecule has 0 unspecified atom stereocenters. The Balaban J connectivity index is 2.09. The molecule has 0 bridgehead atoms. The topological polar surface area (TPSA) is 92.5 Å². The van der Waals surface area contributed by atoms with Crippen molar-refractivity contribution in [2.24, 2.45) is 0 Å². The van der Waals surface area contributed by atoms with Gasteiger partial charge in [-0.1, -0.05) is 35.9 Å². The third-order valence-electron chi connectivity index (χ3n) is 3.13. The Morgan fingerprint density at radius 2 is 1.91 bits per heavy atom. The Morgan fingerprint density at radius 1 is 1.23 bits per heavy atom. The zero-order chi connectivity index (χ0) is 16.1. The maximum absolute atomic E-state index is 12.0. The smallest absolute Gasteiger partial charge is 0.287 e. The van der Waals surface area contributed by atoms with Crippen LogP contribution in [0, 0.1) is 10.1 Å². The van der Waals surface area contributed by atoms with Crippen LogP contribution in [0.15, 0.2) is 42.5 Å². The van der Waals surface area contributed by atoms with Crippen LogP contribution in [0.4, 0.5) is 5.69 Å². The van der Waals surface area contributed by atoms with Crippen molar-refractivity contribution in [3.8, 4) is 0 Å². The molecule has 1 amide bonds. The number of hydrogen-bond donors (Lipinski definition) is 2. The molecule has 0 aliphatic carbocycles. The second kappa shape index (κ2) is 7.02. The molecule has 0 saturated carbocycles. The van der Waals surface area contributed by atoms with E-state index in [1.165, 1.54) is 18.2 Å². The van der Waals surface area contributed by atoms with E-state index in [2.05, 4.69) is 5.32 Å². The average molecular weight is 321 g/mol. The lowest BCUT2D eigenvalue weighted by Crippen LogP contribution is -2.23. The number of nitro groups is 1. The van der Waals surface area contributed by atoms with Crippen molar-refractivity contribution in [1.29, 1.82) is 0 Å². The molecular weight excluding hydrogens is 308 g/mol. The first-order valence-corrected chi connectivity index (χ1v) is 6.80. The van der Waals surface area contributed by atoms with Gasteiger partial charge in [-0.2, -0.15) is 0 Å². The fourth-order valence-electron chi connectivity index (χ4n) is 1.96. The van der Waals surface area contributed by atoms with E-state index in [0.29, 0.717) is 0 Å². The number of benzene rings is 2. The summed E-state index contributed by atoms with van der Waals surface area (Å²) in [5.74, 6) is -0.399. The Kier molecular flexibility index (Phi) is 5.08. The van der Waals surface area contributed by atoms with Gasteiger partial charge in [0.15, 0.2) is 0 Å². The molecule has 0 aromatic heterocycles. The van der Waals surface area contributed by atoms with Crippen LogP contribution in [0.3, 0.4) is 0 Å². The number of carbonyl (C=O) groups is 1. The van der Waals surface area contributed by atoms with Crippen LogP contribution in [0.25, 0.3) is 0 Å². The number of amides is 1. The van der Waals surface area contributed by atoms with E-state index in [0.717, 1.165) is 11.1 Å². The summed E-state index contributed by atoms with van der Waals surface area (Å²) >= 11 is 5.78. The quantitative estimate of drug-likeness (QED) is 0.654. The van der Waals surface area contributed by atoms with Gasteiger partial charge >= 0.3 is 0 Å². The van der Waals surface area contributed by atoms with Crippen LogP contribution >= 0.6 is 11.6 Å². The Bertz CT molecular complexity index is 718. The first-order valence-electron chi connectivity index (χ1n) is 6.42. The molecule has 0 radical (unpaired) electrons. The summed E-state index contributed by atoms with van der Waals surface area (Å²) in [5.41, 5.74) is 1.51. The minimum absolute atomic E-state index is 0.0894. The largest absolute Gasteiger partial charge is 0.392 e. The molecular formula is C15H13ClN2O4. The molecule has 114 valence electrons. The van der Waals surface area contributed by atoms with Crippen molar-refractivity contribution < 1.29 is 14.8 Å². The van der Waals surface area contributed by atoms with Gasteiger partial charge in [0.1, 0.15) is 5.02 Å². The van der Waals surface area contributed by atoms with E-state index in [1.807, 2.05) is 6.07 Å². The van der Waals surface area contributed by atoms with Gasteiger partial charge in [-0.05, 0) is 23.3 Å². The van der Waals surface area contributed by atoms with Crippen LogP contribution in [-0.4, -0.2) is 15.9 Å². The second-order valence-corrected chi connectivity index (χ2v) is 4.94. The Morgan fingerprint density at radius 3 is 2.50 bits per heavy atom. The number of nitrogens with zero attached hydrogens (tertiary/aromatic N) is 1. The van der Waals surface area contributed by atoms with Crippen LogP contribution in [0.2, 0.25) is 5.02 Å². The highest BCUT2D eigenvalue weighted by Gasteiger charge is 2.15. The zero-order valence-electron chi connectivity index (χ0n) is 11.5. The third-order valence-corrected chi connectivity index (χ3v) is 3.44. The normalized spacial score (nSPS) is 10.3. The van der Waals surface area contributed by atoms with Crippen LogP contribution < -0.4 is 5.32 Å². The van der Waals surface area contributed by atoms with Crippen molar-refractivity contribution >= 4 is 23.2 Å². The number of aliphatic hydroxyl groups is 1. The molecule has 22 heavy (non-hydrogen) atoms. The highest BCUT2D eigenvalue weighted by molar-refractivity contribution is 6.33. The number of nitrogens with one attached hydrogen (secondary N) is 1. The van der Waals surface area contributed by atoms with Gasteiger partial charge in [0.25, 0.3) is 11.6 Å². The molecule has 0 aliphatic heterocycles. The predicted molar refractivity (Wildman–Crippen MR) is 81.6 cm³/mol. The number of hydrogen-bond acceptors (Lipinski definition) is 4. The van der Waals surface area contributed by atoms with E-state index in [1.54, 1.807) is 18.2 Å². The SMILES string of the molecule is O=C(NCc1ccccc1CO)c1ccc([N+](=O)[O-])c(Cl)c1. The van der Waals surface area contributed by atoms with Gasteiger partial charge in [0, 0.05) is 18.2 Å². The molecule has 0 saturated heterocycles. The zero-order valence-corrected chi connectivity index (χ0v) is 12.2. The van der Waals surface area contributed by atoms with Gasteiger partial charge in [0.05, 0.1) is 11.5 Å². The number of rotatable bonds is 5. The van der Waals surface area contributed by atoms with Crippen LogP contribution in [0.5, 0.6) is 0 Å². The molecule has 0 atom stereocenters. The number of nitro benzene ring substituents is 1. The van der Waals surface area contributed by atoms with Crippen molar-refractivity contribution in [2.45, 2.75) is 13.2 Å². The summed E-state index contributed by atoms with van der Waals surface area (Å²) in [6.07, 6.45) is 0. The maximum atomic E-state index is 12.0. The minimum atomic E-state index is -0.610. The fraction of sp³-hybridized carbons (Fsp3) is 0.133. The number of halogens is 1. The van der Waals surface area contributed by atoms with Crippen molar-refractivity contribution in [3.63, 3.8) is 0 Å². The minimum Gasteiger partial charge on any atom is -0.392 e. The monoisotopic (exact) mass is 320 g/mol. The van der Waals surface area contributed by atoms with Crippen LogP contribution in [0.1, 0.15) is 21.5 Å². The van der Waals surface area contributed by atoms with Gasteiger partial charge in [0.2, 0.25) is 0 Å². The summed E-state index contributed by atoms with van der Waals surface area (Å²) in [5, 5.41) is 22.5. The van der Waals surface area contributed by atoms with Gasteiger partial charge in [-0.15, -0.1) is 0 Å². The molecule has 2 aromatic rings. The summed E-state index contributed by atoms with van der Waals surface area (Å²) in [4.78, 5) is 22.1. The van der Waals surface area contributed by atoms with Gasteiger partial charge in [-0.25, -0.2) is 0 Å². The summed E-state index contributed by atoms with van der Waals surface area (Å²) < 4.78 is 0. The van der Waals surface area contributed by atoms with Crippen molar-refractivity contribution in [3.05, 3.63) is 74.3 Å². The maximum Gasteiger partial charge on any atom is 0.287 e. The first-order chi connectivity index (χ1) is 10.5. The molecule has 0 heterocycles. The molecule has 0 spiro atoms. The van der Waals surface area contributed by atoms with E-state index >= 15 is 0 Å². The van der Waals surface area contributed by atoms with Crippen LogP contribution in [-0.2, 0) is 13.2 Å². The summed E-state index contributed by atoms with van der Waals surface area (Å²) in [7, 11) is 0. The lowest BCUT2D eigenvalue weighted by Gasteiger charge is -2.09. The lowest BCUT2D eigenvalue weighted by atomic mass is 10.1.